The number of carbonyl (C=O) groups is 1. The van der Waals surface area contributed by atoms with Gasteiger partial charge in [0.2, 0.25) is 5.76 Å². The van der Waals surface area contributed by atoms with Crippen LogP contribution in [0, 0.1) is 30.1 Å². The Morgan fingerprint density at radius 3 is 2.60 bits per heavy atom. The Morgan fingerprint density at radius 1 is 1.40 bits per heavy atom. The molecule has 1 saturated carbocycles. The fraction of sp³-hybridized carbons (Fsp3) is 0.625. The summed E-state index contributed by atoms with van der Waals surface area (Å²) in [4.78, 5) is 12.1. The Hall–Kier alpha value is -1.76. The fourth-order valence-corrected chi connectivity index (χ4v) is 2.94. The molecule has 20 heavy (non-hydrogen) atoms. The van der Waals surface area contributed by atoms with Crippen molar-refractivity contribution in [2.24, 2.45) is 11.8 Å². The first kappa shape index (κ1) is 14.6. The molecule has 0 unspecified atom stereocenters. The average molecular weight is 274 g/mol. The van der Waals surface area contributed by atoms with Crippen molar-refractivity contribution in [3.63, 3.8) is 0 Å². The molecule has 0 bridgehead atoms. The molecule has 1 N–H and O–H groups in total. The first-order valence-corrected chi connectivity index (χ1v) is 7.42. The smallest absolute Gasteiger partial charge is 0.254 e. The maximum Gasteiger partial charge on any atom is 0.254 e. The van der Waals surface area contributed by atoms with Crippen molar-refractivity contribution in [1.82, 2.24) is 5.32 Å². The van der Waals surface area contributed by atoms with Crippen molar-refractivity contribution < 1.29 is 9.21 Å². The zero-order valence-corrected chi connectivity index (χ0v) is 12.2. The van der Waals surface area contributed by atoms with Gasteiger partial charge in [0.25, 0.3) is 5.91 Å². The number of rotatable bonds is 4. The standard InChI is InChI=1S/C16H22N2O2/c1-3-12-4-6-13(7-5-12)10-18-16(19)15-8-14(9-17)20-11(15)2/h8,12-13H,3-7,10H2,1-2H3,(H,18,19). The van der Waals surface area contributed by atoms with E-state index in [1.54, 1.807) is 6.92 Å². The topological polar surface area (TPSA) is 66.0 Å². The second-order valence-corrected chi connectivity index (χ2v) is 5.70. The number of nitriles is 1. The highest BCUT2D eigenvalue weighted by Crippen LogP contribution is 2.30. The molecule has 1 fully saturated rings. The second kappa shape index (κ2) is 6.60. The van der Waals surface area contributed by atoms with E-state index in [2.05, 4.69) is 12.2 Å². The first-order chi connectivity index (χ1) is 9.63. The van der Waals surface area contributed by atoms with Gasteiger partial charge in [0, 0.05) is 12.6 Å². The minimum Gasteiger partial charge on any atom is -0.450 e. The molecule has 2 rings (SSSR count). The zero-order valence-electron chi connectivity index (χ0n) is 12.2. The molecule has 4 heteroatoms. The predicted molar refractivity (Wildman–Crippen MR) is 76.2 cm³/mol. The van der Waals surface area contributed by atoms with Gasteiger partial charge in [-0.3, -0.25) is 4.79 Å². The normalized spacial score (nSPS) is 22.2. The second-order valence-electron chi connectivity index (χ2n) is 5.70. The van der Waals surface area contributed by atoms with Crippen LogP contribution in [0.3, 0.4) is 0 Å². The molecule has 1 aliphatic rings. The number of hydrogen-bond acceptors (Lipinski definition) is 3. The summed E-state index contributed by atoms with van der Waals surface area (Å²) in [6.45, 7) is 4.69. The quantitative estimate of drug-likeness (QED) is 0.915. The van der Waals surface area contributed by atoms with Crippen LogP contribution in [-0.2, 0) is 0 Å². The molecule has 0 saturated heterocycles. The minimum absolute atomic E-state index is 0.134. The zero-order chi connectivity index (χ0) is 14.5. The summed E-state index contributed by atoms with van der Waals surface area (Å²) in [5.41, 5.74) is 0.476. The molecule has 1 amide bonds. The van der Waals surface area contributed by atoms with Gasteiger partial charge in [0.15, 0.2) is 0 Å². The van der Waals surface area contributed by atoms with Crippen LogP contribution in [0.2, 0.25) is 0 Å². The highest BCUT2D eigenvalue weighted by molar-refractivity contribution is 5.95. The number of aryl methyl sites for hydroxylation is 1. The lowest BCUT2D eigenvalue weighted by atomic mass is 9.81. The number of nitrogens with zero attached hydrogens (tertiary/aromatic N) is 1. The Morgan fingerprint density at radius 2 is 2.05 bits per heavy atom. The third-order valence-electron chi connectivity index (χ3n) is 4.37. The van der Waals surface area contributed by atoms with E-state index < -0.39 is 0 Å². The van der Waals surface area contributed by atoms with Crippen LogP contribution in [0.5, 0.6) is 0 Å². The van der Waals surface area contributed by atoms with Gasteiger partial charge in [0.05, 0.1) is 5.56 Å². The molecule has 0 aromatic carbocycles. The summed E-state index contributed by atoms with van der Waals surface area (Å²) in [5, 5.41) is 11.7. The first-order valence-electron chi connectivity index (χ1n) is 7.42. The lowest BCUT2D eigenvalue weighted by Gasteiger charge is -2.27. The van der Waals surface area contributed by atoms with Crippen molar-refractivity contribution >= 4 is 5.91 Å². The number of hydrogen-bond donors (Lipinski definition) is 1. The van der Waals surface area contributed by atoms with Gasteiger partial charge in [-0.2, -0.15) is 5.26 Å². The largest absolute Gasteiger partial charge is 0.450 e. The third-order valence-corrected chi connectivity index (χ3v) is 4.37. The summed E-state index contributed by atoms with van der Waals surface area (Å²) in [6.07, 6.45) is 6.23. The van der Waals surface area contributed by atoms with Gasteiger partial charge in [-0.15, -0.1) is 0 Å². The highest BCUT2D eigenvalue weighted by atomic mass is 16.3. The Labute approximate surface area is 120 Å². The highest BCUT2D eigenvalue weighted by Gasteiger charge is 2.21. The Bertz CT molecular complexity index is 505. The predicted octanol–water partition coefficient (Wildman–Crippen LogP) is 3.41. The fourth-order valence-electron chi connectivity index (χ4n) is 2.94. The van der Waals surface area contributed by atoms with Gasteiger partial charge in [-0.1, -0.05) is 26.2 Å². The molecule has 1 aromatic heterocycles. The van der Waals surface area contributed by atoms with E-state index in [1.165, 1.54) is 38.2 Å². The van der Waals surface area contributed by atoms with E-state index >= 15 is 0 Å². The van der Waals surface area contributed by atoms with Gasteiger partial charge < -0.3 is 9.73 Å². The summed E-state index contributed by atoms with van der Waals surface area (Å²) in [7, 11) is 0. The molecule has 0 aliphatic heterocycles. The van der Waals surface area contributed by atoms with Crippen molar-refractivity contribution in [2.45, 2.75) is 46.0 Å². The van der Waals surface area contributed by atoms with Crippen molar-refractivity contribution in [2.75, 3.05) is 6.54 Å². The molecule has 0 atom stereocenters. The average Bonchev–Trinajstić information content (AvgIpc) is 2.86. The third kappa shape index (κ3) is 3.41. The number of amides is 1. The molecule has 1 heterocycles. The lowest BCUT2D eigenvalue weighted by Crippen LogP contribution is -2.31. The summed E-state index contributed by atoms with van der Waals surface area (Å²) in [5.74, 6) is 2.02. The summed E-state index contributed by atoms with van der Waals surface area (Å²) < 4.78 is 5.18. The van der Waals surface area contributed by atoms with Crippen molar-refractivity contribution in [3.8, 4) is 6.07 Å². The van der Waals surface area contributed by atoms with E-state index in [4.69, 9.17) is 9.68 Å². The molecule has 108 valence electrons. The molecule has 1 aromatic rings. The van der Waals surface area contributed by atoms with Crippen LogP contribution >= 0.6 is 0 Å². The molecule has 4 nitrogen and oxygen atoms in total. The van der Waals surface area contributed by atoms with Crippen LogP contribution in [0.25, 0.3) is 0 Å². The van der Waals surface area contributed by atoms with E-state index in [1.807, 2.05) is 6.07 Å². The molecular weight excluding hydrogens is 252 g/mol. The SMILES string of the molecule is CCC1CCC(CNC(=O)c2cc(C#N)oc2C)CC1. The van der Waals surface area contributed by atoms with E-state index in [0.29, 0.717) is 17.2 Å². The van der Waals surface area contributed by atoms with Gasteiger partial charge >= 0.3 is 0 Å². The van der Waals surface area contributed by atoms with Crippen molar-refractivity contribution in [1.29, 1.82) is 5.26 Å². The number of nitrogens with one attached hydrogen (secondary N) is 1. The van der Waals surface area contributed by atoms with E-state index in [0.717, 1.165) is 12.5 Å². The van der Waals surface area contributed by atoms with Crippen molar-refractivity contribution in [3.05, 3.63) is 23.2 Å². The Balaban J connectivity index is 1.83. The number of carbonyl (C=O) groups excluding carboxylic acids is 1. The maximum absolute atomic E-state index is 12.1. The van der Waals surface area contributed by atoms with Crippen LogP contribution in [-0.4, -0.2) is 12.5 Å². The lowest BCUT2D eigenvalue weighted by molar-refractivity contribution is 0.0939. The van der Waals surface area contributed by atoms with Gasteiger partial charge in [0.1, 0.15) is 11.8 Å². The summed E-state index contributed by atoms with van der Waals surface area (Å²) >= 11 is 0. The van der Waals surface area contributed by atoms with Gasteiger partial charge in [-0.05, 0) is 31.6 Å². The molecular formula is C16H22N2O2. The molecule has 0 radical (unpaired) electrons. The molecule has 0 spiro atoms. The monoisotopic (exact) mass is 274 g/mol. The van der Waals surface area contributed by atoms with Crippen LogP contribution in [0.15, 0.2) is 10.5 Å². The van der Waals surface area contributed by atoms with Crippen LogP contribution in [0.1, 0.15) is 60.9 Å². The summed E-state index contributed by atoms with van der Waals surface area (Å²) in [6, 6.07) is 3.43. The molecule has 1 aliphatic carbocycles. The maximum atomic E-state index is 12.1. The van der Waals surface area contributed by atoms with Crippen LogP contribution in [0.4, 0.5) is 0 Å². The number of furan rings is 1. The van der Waals surface area contributed by atoms with Gasteiger partial charge in [-0.25, -0.2) is 0 Å². The van der Waals surface area contributed by atoms with Crippen LogP contribution < -0.4 is 5.32 Å². The Kier molecular flexibility index (Phi) is 4.84. The minimum atomic E-state index is -0.134. The van der Waals surface area contributed by atoms with E-state index in [-0.39, 0.29) is 11.7 Å². The van der Waals surface area contributed by atoms with E-state index in [9.17, 15) is 4.79 Å².